The molecular weight excluding hydrogens is 1850 g/mol. The van der Waals surface area contributed by atoms with E-state index in [2.05, 4.69) is 153 Å². The average Bonchev–Trinajstić information content (AvgIpc) is 1.78. The Morgan fingerprint density at radius 2 is 0.730 bits per heavy atom. The predicted molar refractivity (Wildman–Crippen MR) is 557 cm³/mol. The van der Waals surface area contributed by atoms with E-state index in [-0.39, 0.29) is 12.5 Å². The van der Waals surface area contributed by atoms with Crippen LogP contribution in [0.5, 0.6) is 40.2 Å². The number of likely N-dealkylation sites (tertiary alicyclic amines) is 2. The second-order valence-corrected chi connectivity index (χ2v) is 36.4. The molecule has 1 amide bonds. The summed E-state index contributed by atoms with van der Waals surface area (Å²) in [4.78, 5) is 68.9. The molecule has 0 spiro atoms. The maximum atomic E-state index is 12.4. The van der Waals surface area contributed by atoms with Crippen LogP contribution in [0.2, 0.25) is 0 Å². The van der Waals surface area contributed by atoms with Gasteiger partial charge in [-0.1, -0.05) is 18.9 Å². The Morgan fingerprint density at radius 1 is 0.397 bits per heavy atom. The summed E-state index contributed by atoms with van der Waals surface area (Å²) in [6, 6.07) is 54.5. The van der Waals surface area contributed by atoms with Crippen LogP contribution in [0, 0.1) is 0 Å². The minimum atomic E-state index is -1.02. The van der Waals surface area contributed by atoms with E-state index in [0.717, 1.165) is 196 Å². The quantitative estimate of drug-likeness (QED) is 0.0395. The Bertz CT molecular complexity index is 7120. The fourth-order valence-corrected chi connectivity index (χ4v) is 17.9. The van der Waals surface area contributed by atoms with Gasteiger partial charge in [-0.15, -0.1) is 0 Å². The molecule has 2 saturated heterocycles. The minimum absolute atomic E-state index is 0.228. The standard InChI is InChI=1S/2C28H34N6O2.C26H23BrN6O2.C25H28N6O3/c1-19-6-7-20(2)33(19)10-11-34(23-12-24(35-4)15-25(13-23)36-5)22-8-9-26-27(14-22)31-28(17-29-26)21-16-30-32(3)18-21;1-32-20-21(18-30-32)28-19-29-26-9-8-22(16-27(26)31-28)34(13-12-33-10-6-4-5-7-11-33)23-14-24(35-2)17-25(15-23)36-3;1-32-15-17(13-29-32)25-14-28-23-8-7-19(11-24(23)31-25)33(16-18-5-4-6-26(27)30-18)20-9-21(34-2)12-22(10-20)35-3;1-25(2,33)15-31(19-8-16(24(32)26-3)9-20(10-19)34-5)18-6-7-21-22(11-18)29-23(13-27-21)17-12-28-30(4)14-17/h8-9,12-20H,6-7,10-11H2,1-5H3;8-9,14-20H,4-7,10-13H2,1-3H3;4-15H,16H2,1-3H3;6-14,33H,15H2,1-5H3,(H,26,32)/t19-,20-;;;/m0.../s1. The van der Waals surface area contributed by atoms with Crippen molar-refractivity contribution < 1.29 is 43.1 Å². The number of pyridine rings is 1. The number of methoxy groups -OCH3 is 7. The third-order valence-corrected chi connectivity index (χ3v) is 25.4. The van der Waals surface area contributed by atoms with Crippen molar-refractivity contribution >= 4 is 111 Å². The van der Waals surface area contributed by atoms with Gasteiger partial charge < -0.3 is 68.1 Å². The highest BCUT2D eigenvalue weighted by atomic mass is 79.9. The topological polar surface area (TPSA) is 321 Å². The van der Waals surface area contributed by atoms with Gasteiger partial charge in [-0.2, -0.15) is 20.4 Å². The van der Waals surface area contributed by atoms with Crippen LogP contribution in [0.15, 0.2) is 243 Å². The van der Waals surface area contributed by atoms with Crippen molar-refractivity contribution in [1.82, 2.24) is 99.1 Å². The number of hydrogen-bond acceptors (Lipinski definition) is 28. The van der Waals surface area contributed by atoms with Crippen molar-refractivity contribution in [3.05, 3.63) is 254 Å². The molecule has 2 N–H and O–H groups in total. The van der Waals surface area contributed by atoms with Crippen LogP contribution in [0.25, 0.3) is 89.2 Å². The lowest BCUT2D eigenvalue weighted by Crippen LogP contribution is -2.38. The molecule has 0 unspecified atom stereocenters. The van der Waals surface area contributed by atoms with Crippen LogP contribution < -0.4 is 58.1 Å². The molecule has 11 heterocycles. The maximum Gasteiger partial charge on any atom is 0.251 e. The highest BCUT2D eigenvalue weighted by Gasteiger charge is 2.30. The smallest absolute Gasteiger partial charge is 0.251 e. The number of ether oxygens (including phenoxy) is 7. The third-order valence-electron chi connectivity index (χ3n) is 24.9. The molecule has 141 heavy (non-hydrogen) atoms. The Hall–Kier alpha value is -15.3. The van der Waals surface area contributed by atoms with Gasteiger partial charge in [0, 0.05) is 232 Å². The van der Waals surface area contributed by atoms with Gasteiger partial charge in [-0.05, 0) is 179 Å². The first-order chi connectivity index (χ1) is 68.2. The van der Waals surface area contributed by atoms with Crippen molar-refractivity contribution in [3.63, 3.8) is 0 Å². The number of anilines is 8. The normalized spacial score (nSPS) is 13.8. The van der Waals surface area contributed by atoms with E-state index in [9.17, 15) is 9.90 Å². The number of fused-ring (bicyclic) bond motifs is 4. The van der Waals surface area contributed by atoms with E-state index in [4.69, 9.17) is 53.1 Å². The number of nitrogens with one attached hydrogen (secondary N) is 1. The van der Waals surface area contributed by atoms with Crippen LogP contribution in [-0.4, -0.2) is 225 Å². The highest BCUT2D eigenvalue weighted by molar-refractivity contribution is 9.10. The number of carbonyl (C=O) groups excluding carboxylic acids is 1. The molecule has 0 aliphatic carbocycles. The summed E-state index contributed by atoms with van der Waals surface area (Å²) in [6.07, 6.45) is 29.7. The maximum absolute atomic E-state index is 12.4. The van der Waals surface area contributed by atoms with Crippen LogP contribution in [0.3, 0.4) is 0 Å². The average molecular weight is 1970 g/mol. The van der Waals surface area contributed by atoms with Crippen molar-refractivity contribution in [2.75, 3.05) is 122 Å². The molecule has 728 valence electrons. The second-order valence-electron chi connectivity index (χ2n) is 35.5. The Balaban J connectivity index is 0.000000135. The second kappa shape index (κ2) is 45.1. The zero-order chi connectivity index (χ0) is 99.0. The SMILES string of the molecule is CNC(=O)c1cc(OC)cc(N(CC(C)(C)O)c2ccc3ncc(-c4cnn(C)c4)nc3c2)c1.COc1cc(OC)cc(N(CCN2CCCCCC2)c2ccc3ncc(-c4cnn(C)c4)nc3c2)c1.COc1cc(OC)cc(N(CCN2[C@@H](C)CC[C@@H]2C)c2ccc3ncc(-c4cnn(C)c4)nc3c2)c1.COc1cc(OC)cc(N(Cc2cccc(Br)n2)c2ccc3ncc(-c4cnn(C)c4)nc3c2)c1. The fourth-order valence-electron chi connectivity index (χ4n) is 17.5. The van der Waals surface area contributed by atoms with E-state index < -0.39 is 5.60 Å². The van der Waals surface area contributed by atoms with Gasteiger partial charge in [0.25, 0.3) is 5.91 Å². The molecule has 34 heteroatoms. The minimum Gasteiger partial charge on any atom is -0.497 e. The number of aryl methyl sites for hydroxylation is 4. The van der Waals surface area contributed by atoms with Gasteiger partial charge in [0.05, 0.1) is 191 Å². The first kappa shape index (κ1) is 98.8. The number of halogens is 1. The van der Waals surface area contributed by atoms with Crippen molar-refractivity contribution in [3.8, 4) is 85.3 Å². The molecule has 17 aromatic rings. The Morgan fingerprint density at radius 3 is 1.06 bits per heavy atom. The lowest BCUT2D eigenvalue weighted by atomic mass is 10.1. The zero-order valence-corrected chi connectivity index (χ0v) is 84.0. The molecule has 9 aromatic heterocycles. The van der Waals surface area contributed by atoms with Gasteiger partial charge in [0.2, 0.25) is 0 Å². The molecule has 19 rings (SSSR count). The zero-order valence-electron chi connectivity index (χ0n) is 82.4. The summed E-state index contributed by atoms with van der Waals surface area (Å²) in [6.45, 7) is 14.9. The largest absolute Gasteiger partial charge is 0.497 e. The fraction of sp³-hybridized carbons (Fsp3) is 0.308. The van der Waals surface area contributed by atoms with E-state index in [1.807, 2.05) is 180 Å². The van der Waals surface area contributed by atoms with Gasteiger partial charge in [-0.25, -0.2) is 24.9 Å². The highest BCUT2D eigenvalue weighted by Crippen LogP contribution is 2.42. The van der Waals surface area contributed by atoms with Gasteiger partial charge in [0.1, 0.15) is 44.8 Å². The number of aromatic nitrogens is 17. The molecule has 0 saturated carbocycles. The van der Waals surface area contributed by atoms with Gasteiger partial charge >= 0.3 is 0 Å². The summed E-state index contributed by atoms with van der Waals surface area (Å²) in [7, 11) is 20.7. The molecule has 0 bridgehead atoms. The summed E-state index contributed by atoms with van der Waals surface area (Å²) in [5, 5.41) is 30.3. The molecule has 33 nitrogen and oxygen atoms in total. The lowest BCUT2D eigenvalue weighted by molar-refractivity contribution is 0.0898. The first-order valence-corrected chi connectivity index (χ1v) is 47.6. The van der Waals surface area contributed by atoms with E-state index in [0.29, 0.717) is 52.6 Å². The Labute approximate surface area is 828 Å². The lowest BCUT2D eigenvalue weighted by Gasteiger charge is -2.31. The van der Waals surface area contributed by atoms with E-state index >= 15 is 0 Å². The van der Waals surface area contributed by atoms with E-state index in [1.165, 1.54) is 38.5 Å². The molecule has 2 aliphatic rings. The van der Waals surface area contributed by atoms with Gasteiger partial charge in [0.15, 0.2) is 0 Å². The number of amides is 1. The summed E-state index contributed by atoms with van der Waals surface area (Å²) >= 11 is 3.48. The van der Waals surface area contributed by atoms with Crippen LogP contribution >= 0.6 is 15.9 Å². The number of rotatable bonds is 30. The molecule has 2 aliphatic heterocycles. The van der Waals surface area contributed by atoms with Gasteiger partial charge in [-0.3, -0.25) is 48.4 Å². The van der Waals surface area contributed by atoms with Crippen LogP contribution in [0.4, 0.5) is 45.5 Å². The van der Waals surface area contributed by atoms with Crippen LogP contribution in [0.1, 0.15) is 82.3 Å². The monoisotopic (exact) mass is 1960 g/mol. The van der Waals surface area contributed by atoms with Crippen molar-refractivity contribution in [2.45, 2.75) is 90.4 Å². The number of hydrogen-bond donors (Lipinski definition) is 2. The number of benzene rings is 8. The molecule has 2 atom stereocenters. The van der Waals surface area contributed by atoms with Crippen molar-refractivity contribution in [1.29, 1.82) is 0 Å². The molecule has 0 radical (unpaired) electrons. The molecular formula is C107H119BrN24O9. The summed E-state index contributed by atoms with van der Waals surface area (Å²) in [5.41, 5.74) is 21.1. The predicted octanol–water partition coefficient (Wildman–Crippen LogP) is 19.0. The number of nitrogens with zero attached hydrogens (tertiary/aromatic N) is 23. The Kier molecular flexibility index (Phi) is 31.6. The van der Waals surface area contributed by atoms with Crippen LogP contribution in [-0.2, 0) is 34.7 Å². The van der Waals surface area contributed by atoms with Crippen molar-refractivity contribution in [2.24, 2.45) is 28.2 Å². The number of carbonyl (C=O) groups is 1. The molecule has 2 fully saturated rings. The number of aliphatic hydroxyl groups is 1. The summed E-state index contributed by atoms with van der Waals surface area (Å²) < 4.78 is 46.6. The van der Waals surface area contributed by atoms with E-state index in [1.54, 1.807) is 133 Å². The first-order valence-electron chi connectivity index (χ1n) is 46.8. The summed E-state index contributed by atoms with van der Waals surface area (Å²) in [5.74, 6) is 4.77. The molecule has 8 aromatic carbocycles. The third kappa shape index (κ3) is 24.7.